The molecule has 4 nitrogen and oxygen atoms in total. The van der Waals surface area contributed by atoms with Crippen molar-refractivity contribution in [3.8, 4) is 5.75 Å². The molecule has 29 heavy (non-hydrogen) atoms. The molecule has 0 aliphatic rings. The second-order valence-corrected chi connectivity index (χ2v) is 7.95. The summed E-state index contributed by atoms with van der Waals surface area (Å²) in [5.74, 6) is -0.112. The van der Waals surface area contributed by atoms with Gasteiger partial charge in [-0.05, 0) is 37.6 Å². The minimum atomic E-state index is -0.555. The zero-order valence-corrected chi connectivity index (χ0v) is 17.4. The number of ketones is 1. The van der Waals surface area contributed by atoms with E-state index >= 15 is 0 Å². The first-order valence-electron chi connectivity index (χ1n) is 9.17. The van der Waals surface area contributed by atoms with Crippen molar-refractivity contribution in [2.75, 3.05) is 13.7 Å². The number of hydrogen-bond donors (Lipinski definition) is 0. The van der Waals surface area contributed by atoms with E-state index in [-0.39, 0.29) is 12.4 Å². The van der Waals surface area contributed by atoms with Crippen LogP contribution in [0.5, 0.6) is 5.75 Å². The summed E-state index contributed by atoms with van der Waals surface area (Å²) in [5, 5.41) is 0. The van der Waals surface area contributed by atoms with Crippen molar-refractivity contribution in [3.05, 3.63) is 87.1 Å². The van der Waals surface area contributed by atoms with Crippen LogP contribution in [0.1, 0.15) is 31.2 Å². The van der Waals surface area contributed by atoms with E-state index < -0.39 is 5.97 Å². The monoisotopic (exact) mass is 406 g/mol. The molecule has 3 aromatic rings. The summed E-state index contributed by atoms with van der Waals surface area (Å²) in [6.07, 6.45) is 1.72. The lowest BCUT2D eigenvalue weighted by atomic mass is 10.0. The Bertz CT molecular complexity index is 1050. The van der Waals surface area contributed by atoms with E-state index in [0.717, 1.165) is 15.3 Å². The number of para-hydroxylation sites is 1. The predicted octanol–water partition coefficient (Wildman–Crippen LogP) is 5.34. The second kappa shape index (κ2) is 9.34. The average Bonchev–Trinajstić information content (AvgIpc) is 3.08. The van der Waals surface area contributed by atoms with Gasteiger partial charge in [0.2, 0.25) is 5.78 Å². The van der Waals surface area contributed by atoms with Gasteiger partial charge < -0.3 is 9.47 Å². The fourth-order valence-electron chi connectivity index (χ4n) is 3.01. The Morgan fingerprint density at radius 2 is 1.69 bits per heavy atom. The molecule has 1 heterocycles. The molecular weight excluding hydrogens is 384 g/mol. The largest absolute Gasteiger partial charge is 0.496 e. The number of methoxy groups -OCH3 is 1. The van der Waals surface area contributed by atoms with Crippen LogP contribution in [-0.2, 0) is 9.53 Å². The lowest BCUT2D eigenvalue weighted by Crippen LogP contribution is -2.15. The molecule has 0 N–H and O–H groups in total. The Morgan fingerprint density at radius 1 is 1.00 bits per heavy atom. The van der Waals surface area contributed by atoms with Crippen LogP contribution in [0.15, 0.2) is 60.7 Å². The summed E-state index contributed by atoms with van der Waals surface area (Å²) in [5.41, 5.74) is 2.43. The van der Waals surface area contributed by atoms with Crippen molar-refractivity contribution in [2.24, 2.45) is 0 Å². The van der Waals surface area contributed by atoms with Crippen molar-refractivity contribution >= 4 is 34.7 Å². The van der Waals surface area contributed by atoms with Gasteiger partial charge in [0, 0.05) is 20.9 Å². The van der Waals surface area contributed by atoms with Gasteiger partial charge in [-0.3, -0.25) is 4.79 Å². The number of carbonyl (C=O) groups is 2. The number of aryl methyl sites for hydroxylation is 2. The highest BCUT2D eigenvalue weighted by Crippen LogP contribution is 2.26. The smallest absolute Gasteiger partial charge is 0.339 e. The Kier molecular flexibility index (Phi) is 6.62. The maximum Gasteiger partial charge on any atom is 0.339 e. The average molecular weight is 407 g/mol. The van der Waals surface area contributed by atoms with Crippen LogP contribution in [0.3, 0.4) is 0 Å². The minimum Gasteiger partial charge on any atom is -0.496 e. The lowest BCUT2D eigenvalue weighted by molar-refractivity contribution is -0.135. The summed E-state index contributed by atoms with van der Waals surface area (Å²) >= 11 is 1.55. The van der Waals surface area contributed by atoms with Gasteiger partial charge in [0.05, 0.1) is 12.7 Å². The first-order chi connectivity index (χ1) is 14.0. The lowest BCUT2D eigenvalue weighted by Gasteiger charge is -2.10. The van der Waals surface area contributed by atoms with E-state index in [1.54, 1.807) is 24.5 Å². The minimum absolute atomic E-state index is 0.204. The summed E-state index contributed by atoms with van der Waals surface area (Å²) in [6.45, 7) is 3.54. The van der Waals surface area contributed by atoms with Crippen molar-refractivity contribution in [1.82, 2.24) is 0 Å². The maximum absolute atomic E-state index is 12.9. The van der Waals surface area contributed by atoms with Crippen LogP contribution in [0, 0.1) is 13.8 Å². The molecule has 0 aliphatic carbocycles. The fraction of sp³-hybridized carbons (Fsp3) is 0.167. The zero-order chi connectivity index (χ0) is 20.8. The van der Waals surface area contributed by atoms with Crippen LogP contribution in [0.2, 0.25) is 0 Å². The van der Waals surface area contributed by atoms with Crippen molar-refractivity contribution in [3.63, 3.8) is 0 Å². The fourth-order valence-corrected chi connectivity index (χ4v) is 3.96. The van der Waals surface area contributed by atoms with Gasteiger partial charge in [-0.2, -0.15) is 0 Å². The van der Waals surface area contributed by atoms with E-state index in [1.165, 1.54) is 0 Å². The quantitative estimate of drug-likeness (QED) is 0.230. The number of Topliss-reactive ketones (excluding diaryl/α,β-unsaturated/α-hetero) is 1. The van der Waals surface area contributed by atoms with Crippen LogP contribution < -0.4 is 4.74 Å². The molecule has 0 unspecified atom stereocenters. The predicted molar refractivity (Wildman–Crippen MR) is 116 cm³/mol. The summed E-state index contributed by atoms with van der Waals surface area (Å²) in [6, 6.07) is 18.5. The van der Waals surface area contributed by atoms with Crippen LogP contribution >= 0.6 is 11.3 Å². The topological polar surface area (TPSA) is 52.6 Å². The summed E-state index contributed by atoms with van der Waals surface area (Å²) in [7, 11) is 1.58. The number of rotatable bonds is 7. The molecule has 0 aliphatic heterocycles. The van der Waals surface area contributed by atoms with Crippen molar-refractivity contribution in [2.45, 2.75) is 13.8 Å². The number of hydrogen-bond acceptors (Lipinski definition) is 5. The van der Waals surface area contributed by atoms with Gasteiger partial charge >= 0.3 is 5.97 Å². The molecule has 2 aromatic carbocycles. The van der Waals surface area contributed by atoms with Gasteiger partial charge in [0.15, 0.2) is 6.61 Å². The van der Waals surface area contributed by atoms with Gasteiger partial charge in [-0.15, -0.1) is 11.3 Å². The number of thiophene rings is 1. The van der Waals surface area contributed by atoms with Gasteiger partial charge in [-0.25, -0.2) is 4.79 Å². The number of benzene rings is 2. The number of carbonyl (C=O) groups excluding carboxylic acids is 2. The van der Waals surface area contributed by atoms with Gasteiger partial charge in [0.25, 0.3) is 0 Å². The van der Waals surface area contributed by atoms with Crippen LogP contribution in [0.4, 0.5) is 0 Å². The van der Waals surface area contributed by atoms with E-state index in [2.05, 4.69) is 0 Å². The van der Waals surface area contributed by atoms with E-state index in [1.807, 2.05) is 74.5 Å². The highest BCUT2D eigenvalue weighted by Gasteiger charge is 2.18. The third-order valence-electron chi connectivity index (χ3n) is 4.42. The SMILES string of the molecule is COc1ccccc1/C=C(/C(=O)OCC(=O)c1cc(C)sc1C)c1ccccc1. The van der Waals surface area contributed by atoms with Crippen molar-refractivity contribution < 1.29 is 19.1 Å². The number of esters is 1. The standard InChI is InChI=1S/C24H22O4S/c1-16-13-20(17(2)29-16)22(25)15-28-24(26)21(18-9-5-4-6-10-18)14-19-11-7-8-12-23(19)27-3/h4-14H,15H2,1-3H3/b21-14+. The Labute approximate surface area is 174 Å². The zero-order valence-electron chi connectivity index (χ0n) is 16.6. The molecule has 0 saturated heterocycles. The molecule has 3 rings (SSSR count). The normalized spacial score (nSPS) is 11.2. The van der Waals surface area contributed by atoms with E-state index in [9.17, 15) is 9.59 Å². The Balaban J connectivity index is 1.86. The molecule has 0 saturated carbocycles. The third-order valence-corrected chi connectivity index (χ3v) is 5.39. The van der Waals surface area contributed by atoms with Crippen LogP contribution in [-0.4, -0.2) is 25.5 Å². The maximum atomic E-state index is 12.9. The number of ether oxygens (including phenoxy) is 2. The molecule has 5 heteroatoms. The molecular formula is C24H22O4S. The molecule has 0 radical (unpaired) electrons. The van der Waals surface area contributed by atoms with Gasteiger partial charge in [-0.1, -0.05) is 48.5 Å². The first kappa shape index (κ1) is 20.6. The molecule has 0 amide bonds. The Hall–Kier alpha value is -3.18. The van der Waals surface area contributed by atoms with Crippen LogP contribution in [0.25, 0.3) is 11.6 Å². The first-order valence-corrected chi connectivity index (χ1v) is 9.98. The van der Waals surface area contributed by atoms with Crippen molar-refractivity contribution in [1.29, 1.82) is 0 Å². The molecule has 0 spiro atoms. The highest BCUT2D eigenvalue weighted by atomic mass is 32.1. The summed E-state index contributed by atoms with van der Waals surface area (Å²) < 4.78 is 10.8. The molecule has 0 fully saturated rings. The van der Waals surface area contributed by atoms with E-state index in [0.29, 0.717) is 22.4 Å². The second-order valence-electron chi connectivity index (χ2n) is 6.49. The molecule has 0 atom stereocenters. The molecule has 148 valence electrons. The highest BCUT2D eigenvalue weighted by molar-refractivity contribution is 7.12. The Morgan fingerprint density at radius 3 is 2.34 bits per heavy atom. The molecule has 0 bridgehead atoms. The van der Waals surface area contributed by atoms with Gasteiger partial charge in [0.1, 0.15) is 5.75 Å². The van der Waals surface area contributed by atoms with E-state index in [4.69, 9.17) is 9.47 Å². The third kappa shape index (κ3) is 5.00. The molecule has 1 aromatic heterocycles. The summed E-state index contributed by atoms with van der Waals surface area (Å²) in [4.78, 5) is 27.4.